The van der Waals surface area contributed by atoms with Crippen LogP contribution in [-0.2, 0) is 0 Å². The highest BCUT2D eigenvalue weighted by atomic mass is 16.5. The Labute approximate surface area is 78.1 Å². The van der Waals surface area contributed by atoms with Crippen LogP contribution in [0.1, 0.15) is 12.8 Å². The van der Waals surface area contributed by atoms with E-state index >= 15 is 0 Å². The minimum atomic E-state index is 0.667. The highest BCUT2D eigenvalue weighted by Crippen LogP contribution is 2.28. The topological polar surface area (TPSA) is 34.1 Å². The molecule has 13 heavy (non-hydrogen) atoms. The molecule has 0 aliphatic heterocycles. The van der Waals surface area contributed by atoms with Gasteiger partial charge in [-0.05, 0) is 24.8 Å². The summed E-state index contributed by atoms with van der Waals surface area (Å²) < 4.78 is 5.03. The highest BCUT2D eigenvalue weighted by molar-refractivity contribution is 5.37. The quantitative estimate of drug-likeness (QED) is 0.764. The van der Waals surface area contributed by atoms with Crippen LogP contribution in [0.3, 0.4) is 0 Å². The molecule has 2 rings (SSSR count). The molecule has 1 aromatic rings. The molecule has 0 unspecified atom stereocenters. The molecule has 0 radical (unpaired) electrons. The fourth-order valence-corrected chi connectivity index (χ4v) is 1.20. The van der Waals surface area contributed by atoms with Gasteiger partial charge in [0, 0.05) is 12.6 Å². The van der Waals surface area contributed by atoms with Crippen LogP contribution >= 0.6 is 0 Å². The molecule has 1 aromatic heterocycles. The van der Waals surface area contributed by atoms with Crippen molar-refractivity contribution in [1.29, 1.82) is 0 Å². The van der Waals surface area contributed by atoms with Crippen molar-refractivity contribution in [1.82, 2.24) is 4.98 Å². The number of aromatic nitrogens is 1. The van der Waals surface area contributed by atoms with Gasteiger partial charge in [-0.3, -0.25) is 0 Å². The van der Waals surface area contributed by atoms with E-state index in [0.29, 0.717) is 5.88 Å². The van der Waals surface area contributed by atoms with Gasteiger partial charge < -0.3 is 10.1 Å². The van der Waals surface area contributed by atoms with E-state index in [1.165, 1.54) is 12.8 Å². The molecule has 0 bridgehead atoms. The zero-order chi connectivity index (χ0) is 9.10. The van der Waals surface area contributed by atoms with E-state index in [-0.39, 0.29) is 0 Å². The predicted molar refractivity (Wildman–Crippen MR) is 52.0 cm³/mol. The Morgan fingerprint density at radius 1 is 1.54 bits per heavy atom. The largest absolute Gasteiger partial charge is 0.481 e. The lowest BCUT2D eigenvalue weighted by Gasteiger charge is -2.05. The average Bonchev–Trinajstić information content (AvgIpc) is 2.99. The van der Waals surface area contributed by atoms with Crippen molar-refractivity contribution in [3.05, 3.63) is 18.2 Å². The zero-order valence-corrected chi connectivity index (χ0v) is 7.79. The van der Waals surface area contributed by atoms with Gasteiger partial charge in [0.2, 0.25) is 5.88 Å². The lowest BCUT2D eigenvalue weighted by Crippen LogP contribution is -2.04. The van der Waals surface area contributed by atoms with Gasteiger partial charge in [-0.25, -0.2) is 0 Å². The van der Waals surface area contributed by atoms with Crippen molar-refractivity contribution in [2.24, 2.45) is 5.92 Å². The Kier molecular flexibility index (Phi) is 2.34. The van der Waals surface area contributed by atoms with E-state index in [1.54, 1.807) is 7.11 Å². The first-order chi connectivity index (χ1) is 6.38. The maximum Gasteiger partial charge on any atom is 0.214 e. The molecule has 0 atom stereocenters. The molecule has 1 saturated carbocycles. The summed E-state index contributed by atoms with van der Waals surface area (Å²) in [6.07, 6.45) is 2.72. The minimum Gasteiger partial charge on any atom is -0.481 e. The molecule has 70 valence electrons. The second-order valence-electron chi connectivity index (χ2n) is 3.39. The summed E-state index contributed by atoms with van der Waals surface area (Å²) in [5.41, 5.74) is 0. The number of rotatable bonds is 4. The standard InChI is InChI=1S/C10H14N2O/c1-13-10-4-2-3-9(12-10)11-7-8-5-6-8/h2-4,8H,5-7H2,1H3,(H,11,12). The lowest BCUT2D eigenvalue weighted by atomic mass is 10.4. The van der Waals surface area contributed by atoms with E-state index in [1.807, 2.05) is 18.2 Å². The van der Waals surface area contributed by atoms with Gasteiger partial charge in [0.05, 0.1) is 7.11 Å². The number of anilines is 1. The van der Waals surface area contributed by atoms with E-state index in [0.717, 1.165) is 18.3 Å². The monoisotopic (exact) mass is 178 g/mol. The van der Waals surface area contributed by atoms with E-state index in [9.17, 15) is 0 Å². The third-order valence-electron chi connectivity index (χ3n) is 2.20. The molecule has 3 heteroatoms. The summed E-state index contributed by atoms with van der Waals surface area (Å²) in [7, 11) is 1.63. The maximum atomic E-state index is 5.03. The summed E-state index contributed by atoms with van der Waals surface area (Å²) in [5, 5.41) is 3.29. The molecule has 0 aromatic carbocycles. The number of pyridine rings is 1. The van der Waals surface area contributed by atoms with Crippen molar-refractivity contribution >= 4 is 5.82 Å². The molecule has 1 fully saturated rings. The molecule has 0 spiro atoms. The van der Waals surface area contributed by atoms with Crippen LogP contribution in [0.25, 0.3) is 0 Å². The number of hydrogen-bond acceptors (Lipinski definition) is 3. The number of ether oxygens (including phenoxy) is 1. The van der Waals surface area contributed by atoms with Crippen LogP contribution in [0.5, 0.6) is 5.88 Å². The van der Waals surface area contributed by atoms with Crippen LogP contribution < -0.4 is 10.1 Å². The Balaban J connectivity index is 1.93. The summed E-state index contributed by atoms with van der Waals surface area (Å²) in [6, 6.07) is 5.76. The average molecular weight is 178 g/mol. The van der Waals surface area contributed by atoms with Crippen LogP contribution in [0, 0.1) is 5.92 Å². The highest BCUT2D eigenvalue weighted by Gasteiger charge is 2.20. The van der Waals surface area contributed by atoms with Crippen molar-refractivity contribution in [2.75, 3.05) is 19.0 Å². The Hall–Kier alpha value is -1.25. The van der Waals surface area contributed by atoms with Crippen molar-refractivity contribution < 1.29 is 4.74 Å². The SMILES string of the molecule is COc1cccc(NCC2CC2)n1. The number of nitrogens with one attached hydrogen (secondary N) is 1. The normalized spacial score (nSPS) is 15.5. The van der Waals surface area contributed by atoms with E-state index in [2.05, 4.69) is 10.3 Å². The van der Waals surface area contributed by atoms with Crippen LogP contribution in [0.4, 0.5) is 5.82 Å². The summed E-state index contributed by atoms with van der Waals surface area (Å²) in [6.45, 7) is 1.04. The van der Waals surface area contributed by atoms with Gasteiger partial charge in [0.25, 0.3) is 0 Å². The fourth-order valence-electron chi connectivity index (χ4n) is 1.20. The zero-order valence-electron chi connectivity index (χ0n) is 7.79. The molecule has 1 aliphatic rings. The summed E-state index contributed by atoms with van der Waals surface area (Å²) in [5.74, 6) is 2.44. The molecular weight excluding hydrogens is 164 g/mol. The van der Waals surface area contributed by atoms with Crippen molar-refractivity contribution in [3.8, 4) is 5.88 Å². The van der Waals surface area contributed by atoms with Gasteiger partial charge in [-0.15, -0.1) is 0 Å². The van der Waals surface area contributed by atoms with Gasteiger partial charge in [0.15, 0.2) is 0 Å². The molecule has 3 nitrogen and oxygen atoms in total. The van der Waals surface area contributed by atoms with Crippen LogP contribution in [0.15, 0.2) is 18.2 Å². The Morgan fingerprint density at radius 2 is 2.38 bits per heavy atom. The van der Waals surface area contributed by atoms with Crippen LogP contribution in [-0.4, -0.2) is 18.6 Å². The van der Waals surface area contributed by atoms with Gasteiger partial charge >= 0.3 is 0 Å². The molecule has 1 heterocycles. The smallest absolute Gasteiger partial charge is 0.214 e. The minimum absolute atomic E-state index is 0.667. The first-order valence-electron chi connectivity index (χ1n) is 4.63. The molecule has 1 aliphatic carbocycles. The number of methoxy groups -OCH3 is 1. The predicted octanol–water partition coefficient (Wildman–Crippen LogP) is 1.91. The number of nitrogens with zero attached hydrogens (tertiary/aromatic N) is 1. The molecule has 0 amide bonds. The Morgan fingerprint density at radius 3 is 3.08 bits per heavy atom. The second-order valence-corrected chi connectivity index (χ2v) is 3.39. The number of hydrogen-bond donors (Lipinski definition) is 1. The second kappa shape index (κ2) is 3.64. The van der Waals surface area contributed by atoms with Gasteiger partial charge in [0.1, 0.15) is 5.82 Å². The molecule has 0 saturated heterocycles. The van der Waals surface area contributed by atoms with Crippen molar-refractivity contribution in [2.45, 2.75) is 12.8 Å². The van der Waals surface area contributed by atoms with Crippen LogP contribution in [0.2, 0.25) is 0 Å². The molecular formula is C10H14N2O. The maximum absolute atomic E-state index is 5.03. The molecule has 1 N–H and O–H groups in total. The van der Waals surface area contributed by atoms with Gasteiger partial charge in [-0.1, -0.05) is 6.07 Å². The first-order valence-corrected chi connectivity index (χ1v) is 4.63. The van der Waals surface area contributed by atoms with Crippen molar-refractivity contribution in [3.63, 3.8) is 0 Å². The third-order valence-corrected chi connectivity index (χ3v) is 2.20. The fraction of sp³-hybridized carbons (Fsp3) is 0.500. The van der Waals surface area contributed by atoms with E-state index in [4.69, 9.17) is 4.74 Å². The summed E-state index contributed by atoms with van der Waals surface area (Å²) in [4.78, 5) is 4.26. The Bertz CT molecular complexity index is 284. The summed E-state index contributed by atoms with van der Waals surface area (Å²) >= 11 is 0. The third kappa shape index (κ3) is 2.34. The lowest BCUT2D eigenvalue weighted by molar-refractivity contribution is 0.398. The first kappa shape index (κ1) is 8.35. The van der Waals surface area contributed by atoms with Gasteiger partial charge in [-0.2, -0.15) is 4.98 Å². The van der Waals surface area contributed by atoms with E-state index < -0.39 is 0 Å².